The van der Waals surface area contributed by atoms with Crippen molar-refractivity contribution in [2.45, 2.75) is 37.6 Å². The Kier molecular flexibility index (Phi) is 3.56. The Morgan fingerprint density at radius 2 is 2.21 bits per heavy atom. The van der Waals surface area contributed by atoms with E-state index >= 15 is 0 Å². The van der Waals surface area contributed by atoms with Crippen LogP contribution in [0.15, 0.2) is 24.3 Å². The zero-order chi connectivity index (χ0) is 13.2. The van der Waals surface area contributed by atoms with Crippen molar-refractivity contribution in [1.82, 2.24) is 4.90 Å². The van der Waals surface area contributed by atoms with Crippen LogP contribution in [0.4, 0.5) is 0 Å². The number of rotatable bonds is 3. The summed E-state index contributed by atoms with van der Waals surface area (Å²) < 4.78 is 4.94. The Balaban J connectivity index is 1.67. The van der Waals surface area contributed by atoms with Gasteiger partial charge in [-0.3, -0.25) is 9.69 Å². The van der Waals surface area contributed by atoms with Crippen molar-refractivity contribution >= 4 is 5.97 Å². The van der Waals surface area contributed by atoms with Gasteiger partial charge in [0, 0.05) is 12.5 Å². The molecule has 1 aliphatic heterocycles. The van der Waals surface area contributed by atoms with Crippen molar-refractivity contribution in [2.75, 3.05) is 20.2 Å². The third kappa shape index (κ3) is 2.39. The largest absolute Gasteiger partial charge is 0.468 e. The Morgan fingerprint density at radius 3 is 3.00 bits per heavy atom. The minimum absolute atomic E-state index is 0.0217. The second kappa shape index (κ2) is 5.33. The van der Waals surface area contributed by atoms with Crippen molar-refractivity contribution < 1.29 is 9.53 Å². The van der Waals surface area contributed by atoms with Gasteiger partial charge in [0.05, 0.1) is 7.11 Å². The summed E-state index contributed by atoms with van der Waals surface area (Å²) in [5, 5.41) is 0. The molecule has 102 valence electrons. The van der Waals surface area contributed by atoms with Crippen LogP contribution in [0.3, 0.4) is 0 Å². The molecule has 3 nitrogen and oxygen atoms in total. The van der Waals surface area contributed by atoms with E-state index in [1.54, 1.807) is 0 Å². The van der Waals surface area contributed by atoms with Gasteiger partial charge in [-0.2, -0.15) is 0 Å². The van der Waals surface area contributed by atoms with E-state index in [4.69, 9.17) is 4.74 Å². The van der Waals surface area contributed by atoms with Crippen LogP contribution in [0, 0.1) is 0 Å². The zero-order valence-corrected chi connectivity index (χ0v) is 11.5. The molecule has 0 spiro atoms. The van der Waals surface area contributed by atoms with Gasteiger partial charge in [0.1, 0.15) is 6.04 Å². The maximum Gasteiger partial charge on any atom is 0.323 e. The number of hydrogen-bond acceptors (Lipinski definition) is 3. The average molecular weight is 259 g/mol. The minimum Gasteiger partial charge on any atom is -0.468 e. The van der Waals surface area contributed by atoms with E-state index < -0.39 is 0 Å². The number of esters is 1. The smallest absolute Gasteiger partial charge is 0.323 e. The molecular formula is C16H21NO2. The van der Waals surface area contributed by atoms with Crippen molar-refractivity contribution in [1.29, 1.82) is 0 Å². The number of hydrogen-bond donors (Lipinski definition) is 0. The highest BCUT2D eigenvalue weighted by Crippen LogP contribution is 2.36. The molecule has 1 heterocycles. The zero-order valence-electron chi connectivity index (χ0n) is 11.5. The maximum atomic E-state index is 11.8. The molecule has 3 rings (SSSR count). The van der Waals surface area contributed by atoms with Crippen molar-refractivity contribution in [3.8, 4) is 0 Å². The van der Waals surface area contributed by atoms with Gasteiger partial charge in [0.15, 0.2) is 0 Å². The van der Waals surface area contributed by atoms with E-state index in [0.717, 1.165) is 32.4 Å². The lowest BCUT2D eigenvalue weighted by molar-refractivity contribution is -0.148. The van der Waals surface area contributed by atoms with Crippen LogP contribution in [0.2, 0.25) is 0 Å². The predicted octanol–water partition coefficient (Wildman–Crippen LogP) is 2.35. The predicted molar refractivity (Wildman–Crippen MR) is 74.1 cm³/mol. The molecule has 0 amide bonds. The third-order valence-electron chi connectivity index (χ3n) is 4.50. The molecule has 1 saturated heterocycles. The van der Waals surface area contributed by atoms with Gasteiger partial charge in [-0.25, -0.2) is 0 Å². The van der Waals surface area contributed by atoms with Gasteiger partial charge in [-0.05, 0) is 36.9 Å². The second-order valence-corrected chi connectivity index (χ2v) is 5.63. The first-order valence-corrected chi connectivity index (χ1v) is 7.19. The molecule has 0 N–H and O–H groups in total. The fraction of sp³-hybridized carbons (Fsp3) is 0.562. The minimum atomic E-state index is -0.0627. The summed E-state index contributed by atoms with van der Waals surface area (Å²) in [6, 6.07) is 8.62. The molecule has 2 atom stereocenters. The maximum absolute atomic E-state index is 11.8. The molecule has 0 bridgehead atoms. The van der Waals surface area contributed by atoms with E-state index in [2.05, 4.69) is 29.2 Å². The third-order valence-corrected chi connectivity index (χ3v) is 4.50. The van der Waals surface area contributed by atoms with E-state index in [1.165, 1.54) is 24.7 Å². The lowest BCUT2D eigenvalue weighted by Gasteiger charge is -2.39. The van der Waals surface area contributed by atoms with E-state index in [9.17, 15) is 4.79 Å². The topological polar surface area (TPSA) is 29.5 Å². The number of piperidine rings is 1. The number of carbonyl (C=O) groups excluding carboxylic acids is 1. The Morgan fingerprint density at radius 1 is 1.37 bits per heavy atom. The molecule has 19 heavy (non-hydrogen) atoms. The van der Waals surface area contributed by atoms with Crippen molar-refractivity contribution in [3.05, 3.63) is 35.4 Å². The van der Waals surface area contributed by atoms with Gasteiger partial charge in [-0.15, -0.1) is 0 Å². The number of methoxy groups -OCH3 is 1. The van der Waals surface area contributed by atoms with Crippen LogP contribution < -0.4 is 0 Å². The molecule has 1 aromatic rings. The molecule has 1 aliphatic carbocycles. The first-order chi connectivity index (χ1) is 9.29. The highest BCUT2D eigenvalue weighted by Gasteiger charge is 2.34. The lowest BCUT2D eigenvalue weighted by atomic mass is 9.77. The molecule has 0 aromatic heterocycles. The standard InChI is InChI=1S/C16H21NO2/c1-19-16(18)15-8-4-5-9-17(15)11-13-10-12-6-2-3-7-14(12)13/h2-3,6-7,13,15H,4-5,8-11H2,1H3. The molecule has 1 fully saturated rings. The molecule has 3 heteroatoms. The van der Waals surface area contributed by atoms with Crippen LogP contribution in [0.25, 0.3) is 0 Å². The first kappa shape index (κ1) is 12.7. The van der Waals surface area contributed by atoms with Gasteiger partial charge >= 0.3 is 5.97 Å². The lowest BCUT2D eigenvalue weighted by Crippen LogP contribution is -2.48. The molecule has 2 aliphatic rings. The monoisotopic (exact) mass is 259 g/mol. The average Bonchev–Trinajstić information content (AvgIpc) is 2.44. The molecular weight excluding hydrogens is 238 g/mol. The number of benzene rings is 1. The van der Waals surface area contributed by atoms with Gasteiger partial charge in [0.25, 0.3) is 0 Å². The number of likely N-dealkylation sites (tertiary alicyclic amines) is 1. The Hall–Kier alpha value is -1.35. The first-order valence-electron chi connectivity index (χ1n) is 7.19. The van der Waals surface area contributed by atoms with E-state index in [1.807, 2.05) is 0 Å². The van der Waals surface area contributed by atoms with Crippen LogP contribution >= 0.6 is 0 Å². The van der Waals surface area contributed by atoms with Crippen molar-refractivity contribution in [2.24, 2.45) is 0 Å². The number of ether oxygens (including phenoxy) is 1. The van der Waals surface area contributed by atoms with E-state index in [0.29, 0.717) is 5.92 Å². The summed E-state index contributed by atoms with van der Waals surface area (Å²) >= 11 is 0. The Labute approximate surface area is 114 Å². The van der Waals surface area contributed by atoms with Crippen LogP contribution in [-0.4, -0.2) is 37.1 Å². The van der Waals surface area contributed by atoms with Crippen LogP contribution in [0.1, 0.15) is 36.3 Å². The molecule has 1 aromatic carbocycles. The Bertz CT molecular complexity index is 472. The van der Waals surface area contributed by atoms with Gasteiger partial charge < -0.3 is 4.74 Å². The van der Waals surface area contributed by atoms with Gasteiger partial charge in [0.2, 0.25) is 0 Å². The van der Waals surface area contributed by atoms with Gasteiger partial charge in [-0.1, -0.05) is 30.7 Å². The fourth-order valence-corrected chi connectivity index (χ4v) is 3.42. The summed E-state index contributed by atoms with van der Waals surface area (Å²) in [6.45, 7) is 2.02. The highest BCUT2D eigenvalue weighted by atomic mass is 16.5. The molecule has 0 radical (unpaired) electrons. The van der Waals surface area contributed by atoms with E-state index in [-0.39, 0.29) is 12.0 Å². The summed E-state index contributed by atoms with van der Waals surface area (Å²) in [5.41, 5.74) is 2.94. The summed E-state index contributed by atoms with van der Waals surface area (Å²) in [6.07, 6.45) is 4.43. The number of nitrogens with zero attached hydrogens (tertiary/aromatic N) is 1. The molecule has 2 unspecified atom stereocenters. The van der Waals surface area contributed by atoms with Crippen molar-refractivity contribution in [3.63, 3.8) is 0 Å². The summed E-state index contributed by atoms with van der Waals surface area (Å²) in [4.78, 5) is 14.2. The van der Waals surface area contributed by atoms with Crippen LogP contribution in [-0.2, 0) is 16.0 Å². The number of carbonyl (C=O) groups is 1. The quantitative estimate of drug-likeness (QED) is 0.780. The fourth-order valence-electron chi connectivity index (χ4n) is 3.42. The summed E-state index contributed by atoms with van der Waals surface area (Å²) in [5.74, 6) is 0.536. The number of fused-ring (bicyclic) bond motifs is 1. The summed E-state index contributed by atoms with van der Waals surface area (Å²) in [7, 11) is 1.49. The van der Waals surface area contributed by atoms with Crippen LogP contribution in [0.5, 0.6) is 0 Å². The highest BCUT2D eigenvalue weighted by molar-refractivity contribution is 5.75. The normalized spacial score (nSPS) is 26.4. The SMILES string of the molecule is COC(=O)C1CCCCN1CC1Cc2ccccc21. The second-order valence-electron chi connectivity index (χ2n) is 5.63. The molecule has 0 saturated carbocycles.